The Labute approximate surface area is 180 Å². The average molecular weight is 410 g/mol. The van der Waals surface area contributed by atoms with Crippen LogP contribution in [0.4, 0.5) is 0 Å². The number of hydrogen-bond acceptors (Lipinski definition) is 3. The number of fused-ring (bicyclic) bond motifs is 1. The molecule has 2 amide bonds. The van der Waals surface area contributed by atoms with E-state index in [0.29, 0.717) is 12.1 Å². The molecule has 6 nitrogen and oxygen atoms in total. The number of para-hydroxylation sites is 1. The molecule has 0 aliphatic carbocycles. The summed E-state index contributed by atoms with van der Waals surface area (Å²) in [6.07, 6.45) is 7.02. The van der Waals surface area contributed by atoms with Crippen LogP contribution in [0.1, 0.15) is 21.5 Å². The molecule has 0 fully saturated rings. The van der Waals surface area contributed by atoms with E-state index in [2.05, 4.69) is 15.6 Å². The van der Waals surface area contributed by atoms with Gasteiger partial charge < -0.3 is 15.2 Å². The number of carbonyl (C=O) groups excluding carboxylic acids is 2. The highest BCUT2D eigenvalue weighted by atomic mass is 16.2. The number of benzene rings is 2. The Bertz CT molecular complexity index is 1240. The number of pyridine rings is 1. The summed E-state index contributed by atoms with van der Waals surface area (Å²) in [5, 5.41) is 6.64. The van der Waals surface area contributed by atoms with Gasteiger partial charge in [-0.05, 0) is 35.9 Å². The van der Waals surface area contributed by atoms with Crippen LogP contribution in [0.3, 0.4) is 0 Å². The quantitative estimate of drug-likeness (QED) is 0.476. The lowest BCUT2D eigenvalue weighted by Gasteiger charge is -2.11. The van der Waals surface area contributed by atoms with Crippen molar-refractivity contribution in [2.45, 2.75) is 6.54 Å². The van der Waals surface area contributed by atoms with Crippen LogP contribution in [0.5, 0.6) is 0 Å². The van der Waals surface area contributed by atoms with Crippen molar-refractivity contribution >= 4 is 28.8 Å². The predicted molar refractivity (Wildman–Crippen MR) is 121 cm³/mol. The maximum Gasteiger partial charge on any atom is 0.268 e. The van der Waals surface area contributed by atoms with Gasteiger partial charge in [-0.1, -0.05) is 42.5 Å². The molecular weight excluding hydrogens is 388 g/mol. The second-order valence-corrected chi connectivity index (χ2v) is 7.13. The summed E-state index contributed by atoms with van der Waals surface area (Å²) < 4.78 is 1.99. The summed E-state index contributed by atoms with van der Waals surface area (Å²) in [6.45, 7) is 0.306. The van der Waals surface area contributed by atoms with E-state index in [9.17, 15) is 9.59 Å². The lowest BCUT2D eigenvalue weighted by molar-refractivity contribution is -0.117. The molecule has 2 N–H and O–H groups in total. The summed E-state index contributed by atoms with van der Waals surface area (Å²) >= 11 is 0. The summed E-state index contributed by atoms with van der Waals surface area (Å²) in [5.74, 6) is -0.718. The first-order valence-corrected chi connectivity index (χ1v) is 9.91. The summed E-state index contributed by atoms with van der Waals surface area (Å²) in [5.41, 5.74) is 3.41. The van der Waals surface area contributed by atoms with Crippen molar-refractivity contribution in [2.75, 3.05) is 0 Å². The second-order valence-electron chi connectivity index (χ2n) is 7.13. The topological polar surface area (TPSA) is 76.0 Å². The Kier molecular flexibility index (Phi) is 5.89. The minimum Gasteiger partial charge on any atom is -0.350 e. The number of hydrogen-bond donors (Lipinski definition) is 2. The van der Waals surface area contributed by atoms with Crippen LogP contribution in [-0.4, -0.2) is 21.4 Å². The van der Waals surface area contributed by atoms with Crippen molar-refractivity contribution in [2.24, 2.45) is 7.05 Å². The molecule has 2 aromatic carbocycles. The Hall–Kier alpha value is -4.19. The maximum atomic E-state index is 13.0. The molecule has 0 atom stereocenters. The molecule has 2 heterocycles. The monoisotopic (exact) mass is 410 g/mol. The molecule has 0 saturated heterocycles. The number of aryl methyl sites for hydroxylation is 1. The Morgan fingerprint density at radius 3 is 2.55 bits per heavy atom. The number of aromatic nitrogens is 2. The van der Waals surface area contributed by atoms with Crippen LogP contribution in [-0.2, 0) is 18.4 Å². The molecule has 0 spiro atoms. The van der Waals surface area contributed by atoms with Gasteiger partial charge in [-0.2, -0.15) is 0 Å². The van der Waals surface area contributed by atoms with Crippen LogP contribution >= 0.6 is 0 Å². The highest BCUT2D eigenvalue weighted by molar-refractivity contribution is 6.06. The molecule has 0 unspecified atom stereocenters. The summed E-state index contributed by atoms with van der Waals surface area (Å²) in [6, 6.07) is 20.4. The van der Waals surface area contributed by atoms with E-state index >= 15 is 0 Å². The zero-order valence-corrected chi connectivity index (χ0v) is 17.1. The van der Waals surface area contributed by atoms with Gasteiger partial charge >= 0.3 is 0 Å². The van der Waals surface area contributed by atoms with Crippen LogP contribution < -0.4 is 10.6 Å². The first-order chi connectivity index (χ1) is 15.1. The summed E-state index contributed by atoms with van der Waals surface area (Å²) in [7, 11) is 1.95. The van der Waals surface area contributed by atoms with E-state index in [0.717, 1.165) is 22.0 Å². The fraction of sp³-hybridized carbons (Fsp3) is 0.0800. The van der Waals surface area contributed by atoms with E-state index in [1.165, 1.54) is 0 Å². The molecule has 0 radical (unpaired) electrons. The molecule has 0 aliphatic heterocycles. The number of nitrogens with one attached hydrogen (secondary N) is 2. The number of rotatable bonds is 6. The van der Waals surface area contributed by atoms with Crippen LogP contribution in [0.15, 0.2) is 91.0 Å². The minimum atomic E-state index is -0.374. The SMILES string of the molecule is Cn1cc(C=C(NC(=O)c2ccccc2)C(=O)NCc2cccnc2)c2ccccc21. The molecule has 4 rings (SSSR count). The Balaban J connectivity index is 1.65. The van der Waals surface area contributed by atoms with Gasteiger partial charge in [-0.3, -0.25) is 14.6 Å². The van der Waals surface area contributed by atoms with Gasteiger partial charge in [0.1, 0.15) is 5.70 Å². The highest BCUT2D eigenvalue weighted by Crippen LogP contribution is 2.22. The van der Waals surface area contributed by atoms with Crippen LogP contribution in [0, 0.1) is 0 Å². The fourth-order valence-corrected chi connectivity index (χ4v) is 3.37. The lowest BCUT2D eigenvalue weighted by Crippen LogP contribution is -2.34. The van der Waals surface area contributed by atoms with Crippen LogP contribution in [0.2, 0.25) is 0 Å². The second kappa shape index (κ2) is 9.09. The van der Waals surface area contributed by atoms with E-state index in [1.54, 1.807) is 42.7 Å². The largest absolute Gasteiger partial charge is 0.350 e. The number of amides is 2. The summed E-state index contributed by atoms with van der Waals surface area (Å²) in [4.78, 5) is 29.8. The molecule has 0 bridgehead atoms. The number of nitrogens with zero attached hydrogens (tertiary/aromatic N) is 2. The van der Waals surface area contributed by atoms with Crippen molar-refractivity contribution in [1.82, 2.24) is 20.2 Å². The van der Waals surface area contributed by atoms with E-state index in [4.69, 9.17) is 0 Å². The van der Waals surface area contributed by atoms with Gasteiger partial charge in [-0.25, -0.2) is 0 Å². The molecule has 154 valence electrons. The van der Waals surface area contributed by atoms with Crippen molar-refractivity contribution in [3.63, 3.8) is 0 Å². The van der Waals surface area contributed by atoms with E-state index < -0.39 is 0 Å². The molecule has 31 heavy (non-hydrogen) atoms. The van der Waals surface area contributed by atoms with Gasteiger partial charge in [0.2, 0.25) is 0 Å². The predicted octanol–water partition coefficient (Wildman–Crippen LogP) is 3.66. The fourth-order valence-electron chi connectivity index (χ4n) is 3.37. The Morgan fingerprint density at radius 2 is 1.77 bits per heavy atom. The van der Waals surface area contributed by atoms with Crippen molar-refractivity contribution < 1.29 is 9.59 Å². The minimum absolute atomic E-state index is 0.175. The van der Waals surface area contributed by atoms with Crippen LogP contribution in [0.25, 0.3) is 17.0 Å². The zero-order chi connectivity index (χ0) is 21.6. The van der Waals surface area contributed by atoms with Crippen molar-refractivity contribution in [3.05, 3.63) is 108 Å². The highest BCUT2D eigenvalue weighted by Gasteiger charge is 2.16. The molecular formula is C25H22N4O2. The van der Waals surface area contributed by atoms with Gasteiger partial charge in [0.15, 0.2) is 0 Å². The van der Waals surface area contributed by atoms with Gasteiger partial charge in [-0.15, -0.1) is 0 Å². The van der Waals surface area contributed by atoms with Crippen molar-refractivity contribution in [1.29, 1.82) is 0 Å². The van der Waals surface area contributed by atoms with Gasteiger partial charge in [0.05, 0.1) is 0 Å². The Morgan fingerprint density at radius 1 is 1.00 bits per heavy atom. The van der Waals surface area contributed by atoms with E-state index in [1.807, 2.05) is 60.3 Å². The normalized spacial score (nSPS) is 11.3. The van der Waals surface area contributed by atoms with Gasteiger partial charge in [0.25, 0.3) is 11.8 Å². The third-order valence-corrected chi connectivity index (χ3v) is 4.93. The first kappa shape index (κ1) is 20.1. The first-order valence-electron chi connectivity index (χ1n) is 9.91. The third-order valence-electron chi connectivity index (χ3n) is 4.93. The maximum absolute atomic E-state index is 13.0. The molecule has 0 aliphatic rings. The smallest absolute Gasteiger partial charge is 0.268 e. The van der Waals surface area contributed by atoms with Gasteiger partial charge in [0, 0.05) is 54.2 Å². The molecule has 4 aromatic rings. The molecule has 2 aromatic heterocycles. The molecule has 0 saturated carbocycles. The standard InChI is InChI=1S/C25H22N4O2/c1-29-17-20(21-11-5-6-12-23(21)29)14-22(28-24(30)19-9-3-2-4-10-19)25(31)27-16-18-8-7-13-26-15-18/h2-15,17H,16H2,1H3,(H,27,31)(H,28,30). The lowest BCUT2D eigenvalue weighted by atomic mass is 10.1. The third kappa shape index (κ3) is 4.70. The van der Waals surface area contributed by atoms with E-state index in [-0.39, 0.29) is 17.5 Å². The van der Waals surface area contributed by atoms with Crippen molar-refractivity contribution in [3.8, 4) is 0 Å². The zero-order valence-electron chi connectivity index (χ0n) is 17.1. The number of carbonyl (C=O) groups is 2. The average Bonchev–Trinajstić information content (AvgIpc) is 3.13. The molecule has 6 heteroatoms.